The number of nitrogens with one attached hydrogen (secondary N) is 1. The minimum atomic E-state index is -0.685. The number of ether oxygens (including phenoxy) is 1. The van der Waals surface area contributed by atoms with Gasteiger partial charge in [0.1, 0.15) is 18.2 Å². The van der Waals surface area contributed by atoms with Crippen LogP contribution in [0.3, 0.4) is 0 Å². The van der Waals surface area contributed by atoms with Crippen LogP contribution in [0.5, 0.6) is 0 Å². The first-order valence-electron chi connectivity index (χ1n) is 5.17. The van der Waals surface area contributed by atoms with E-state index in [1.165, 1.54) is 0 Å². The average molecular weight is 243 g/mol. The zero-order chi connectivity index (χ0) is 13.1. The summed E-state index contributed by atoms with van der Waals surface area (Å²) in [5, 5.41) is 2.24. The molecule has 0 radical (unpaired) electrons. The summed E-state index contributed by atoms with van der Waals surface area (Å²) in [5.41, 5.74) is -0.648. The van der Waals surface area contributed by atoms with Gasteiger partial charge in [-0.25, -0.2) is 8.78 Å². The second kappa shape index (κ2) is 5.23. The number of amides is 1. The molecule has 5 heteroatoms. The van der Waals surface area contributed by atoms with Crippen molar-refractivity contribution >= 4 is 11.6 Å². The third-order valence-electron chi connectivity index (χ3n) is 1.84. The molecular formula is C12H15F2NO2. The number of benzene rings is 1. The summed E-state index contributed by atoms with van der Waals surface area (Å²) >= 11 is 0. The molecular weight excluding hydrogens is 228 g/mol. The molecule has 1 aromatic carbocycles. The zero-order valence-corrected chi connectivity index (χ0v) is 10.0. The van der Waals surface area contributed by atoms with Gasteiger partial charge in [0.15, 0.2) is 0 Å². The molecule has 0 atom stereocenters. The van der Waals surface area contributed by atoms with Crippen LogP contribution in [0.4, 0.5) is 14.5 Å². The highest BCUT2D eigenvalue weighted by atomic mass is 19.1. The van der Waals surface area contributed by atoms with E-state index in [-0.39, 0.29) is 12.3 Å². The fourth-order valence-electron chi connectivity index (χ4n) is 1.06. The highest BCUT2D eigenvalue weighted by molar-refractivity contribution is 5.91. The Balaban J connectivity index is 2.59. The molecule has 0 heterocycles. The maximum atomic E-state index is 13.2. The van der Waals surface area contributed by atoms with Crippen molar-refractivity contribution in [2.24, 2.45) is 0 Å². The van der Waals surface area contributed by atoms with Gasteiger partial charge in [-0.2, -0.15) is 0 Å². The summed E-state index contributed by atoms with van der Waals surface area (Å²) < 4.78 is 31.2. The Bertz CT molecular complexity index is 413. The maximum absolute atomic E-state index is 13.2. The zero-order valence-electron chi connectivity index (χ0n) is 10.0. The van der Waals surface area contributed by atoms with Gasteiger partial charge in [0, 0.05) is 6.07 Å². The molecule has 0 aliphatic heterocycles. The van der Waals surface area contributed by atoms with Gasteiger partial charge in [-0.15, -0.1) is 0 Å². The van der Waals surface area contributed by atoms with Crippen molar-refractivity contribution in [3.05, 3.63) is 29.8 Å². The van der Waals surface area contributed by atoms with Crippen LogP contribution < -0.4 is 5.32 Å². The lowest BCUT2D eigenvalue weighted by molar-refractivity contribution is -0.125. The molecule has 0 spiro atoms. The first kappa shape index (κ1) is 13.6. The van der Waals surface area contributed by atoms with E-state index >= 15 is 0 Å². The number of hydrogen-bond acceptors (Lipinski definition) is 2. The van der Waals surface area contributed by atoms with Gasteiger partial charge < -0.3 is 10.1 Å². The fraction of sp³-hybridized carbons (Fsp3) is 0.417. The molecule has 0 fully saturated rings. The standard InChI is InChI=1S/C12H15F2NO2/c1-12(2,3)17-7-11(16)15-10-6-8(13)4-5-9(10)14/h4-6H,7H2,1-3H3,(H,15,16). The van der Waals surface area contributed by atoms with E-state index in [1.807, 2.05) is 0 Å². The largest absolute Gasteiger partial charge is 0.366 e. The Morgan fingerprint density at radius 3 is 2.59 bits per heavy atom. The van der Waals surface area contributed by atoms with E-state index in [4.69, 9.17) is 4.74 Å². The molecule has 0 saturated heterocycles. The molecule has 1 amide bonds. The molecule has 0 unspecified atom stereocenters. The van der Waals surface area contributed by atoms with E-state index in [0.29, 0.717) is 0 Å². The summed E-state index contributed by atoms with van der Waals surface area (Å²) in [6, 6.07) is 2.86. The predicted molar refractivity (Wildman–Crippen MR) is 60.7 cm³/mol. The molecule has 17 heavy (non-hydrogen) atoms. The van der Waals surface area contributed by atoms with E-state index < -0.39 is 23.1 Å². The number of rotatable bonds is 3. The number of anilines is 1. The maximum Gasteiger partial charge on any atom is 0.250 e. The third kappa shape index (κ3) is 4.91. The van der Waals surface area contributed by atoms with Crippen molar-refractivity contribution in [2.45, 2.75) is 26.4 Å². The third-order valence-corrected chi connectivity index (χ3v) is 1.84. The Kier molecular flexibility index (Phi) is 4.17. The van der Waals surface area contributed by atoms with E-state index in [0.717, 1.165) is 18.2 Å². The van der Waals surface area contributed by atoms with Crippen molar-refractivity contribution in [1.29, 1.82) is 0 Å². The lowest BCUT2D eigenvalue weighted by Gasteiger charge is -2.19. The smallest absolute Gasteiger partial charge is 0.250 e. The Morgan fingerprint density at radius 1 is 1.35 bits per heavy atom. The SMILES string of the molecule is CC(C)(C)OCC(=O)Nc1cc(F)ccc1F. The minimum absolute atomic E-state index is 0.187. The van der Waals surface area contributed by atoms with Gasteiger partial charge in [0.25, 0.3) is 0 Å². The Morgan fingerprint density at radius 2 is 2.00 bits per heavy atom. The van der Waals surface area contributed by atoms with E-state index in [9.17, 15) is 13.6 Å². The van der Waals surface area contributed by atoms with Crippen LogP contribution in [-0.2, 0) is 9.53 Å². The molecule has 0 aliphatic rings. The summed E-state index contributed by atoms with van der Waals surface area (Å²) in [7, 11) is 0. The molecule has 0 aliphatic carbocycles. The lowest BCUT2D eigenvalue weighted by Crippen LogP contribution is -2.27. The van der Waals surface area contributed by atoms with Gasteiger partial charge in [0.2, 0.25) is 5.91 Å². The van der Waals surface area contributed by atoms with Crippen LogP contribution in [0.2, 0.25) is 0 Å². The van der Waals surface area contributed by atoms with Gasteiger partial charge in [0.05, 0.1) is 11.3 Å². The normalized spacial score (nSPS) is 11.4. The second-order valence-electron chi connectivity index (χ2n) is 4.57. The summed E-state index contributed by atoms with van der Waals surface area (Å²) in [4.78, 5) is 11.4. The first-order valence-corrected chi connectivity index (χ1v) is 5.17. The number of halogens is 2. The molecule has 0 bridgehead atoms. The second-order valence-corrected chi connectivity index (χ2v) is 4.57. The van der Waals surface area contributed by atoms with Crippen LogP contribution in [0.25, 0.3) is 0 Å². The summed E-state index contributed by atoms with van der Waals surface area (Å²) in [5.74, 6) is -1.82. The summed E-state index contributed by atoms with van der Waals surface area (Å²) in [6.45, 7) is 5.18. The van der Waals surface area contributed by atoms with Gasteiger partial charge in [-0.05, 0) is 32.9 Å². The van der Waals surface area contributed by atoms with Crippen molar-refractivity contribution in [2.75, 3.05) is 11.9 Å². The quantitative estimate of drug-likeness (QED) is 0.886. The molecule has 3 nitrogen and oxygen atoms in total. The molecule has 0 aromatic heterocycles. The predicted octanol–water partition coefficient (Wildman–Crippen LogP) is 2.72. The van der Waals surface area contributed by atoms with Crippen LogP contribution in [-0.4, -0.2) is 18.1 Å². The van der Waals surface area contributed by atoms with E-state index in [2.05, 4.69) is 5.32 Å². The molecule has 94 valence electrons. The number of hydrogen-bond donors (Lipinski definition) is 1. The van der Waals surface area contributed by atoms with Crippen molar-refractivity contribution in [1.82, 2.24) is 0 Å². The molecule has 1 aromatic rings. The molecule has 1 N–H and O–H groups in total. The van der Waals surface area contributed by atoms with Crippen LogP contribution in [0.1, 0.15) is 20.8 Å². The minimum Gasteiger partial charge on any atom is -0.366 e. The van der Waals surface area contributed by atoms with Gasteiger partial charge in [-0.1, -0.05) is 0 Å². The average Bonchev–Trinajstić information content (AvgIpc) is 2.20. The van der Waals surface area contributed by atoms with Gasteiger partial charge >= 0.3 is 0 Å². The van der Waals surface area contributed by atoms with Crippen molar-refractivity contribution < 1.29 is 18.3 Å². The lowest BCUT2D eigenvalue weighted by atomic mass is 10.2. The molecule has 1 rings (SSSR count). The van der Waals surface area contributed by atoms with Crippen molar-refractivity contribution in [3.8, 4) is 0 Å². The van der Waals surface area contributed by atoms with Crippen LogP contribution in [0, 0.1) is 11.6 Å². The fourth-order valence-corrected chi connectivity index (χ4v) is 1.06. The highest BCUT2D eigenvalue weighted by Gasteiger charge is 2.14. The number of carbonyl (C=O) groups excluding carboxylic acids is 1. The monoisotopic (exact) mass is 243 g/mol. The number of carbonyl (C=O) groups is 1. The van der Waals surface area contributed by atoms with Crippen LogP contribution in [0.15, 0.2) is 18.2 Å². The van der Waals surface area contributed by atoms with E-state index in [1.54, 1.807) is 20.8 Å². The highest BCUT2D eigenvalue weighted by Crippen LogP contribution is 2.15. The molecule has 0 saturated carbocycles. The van der Waals surface area contributed by atoms with Crippen molar-refractivity contribution in [3.63, 3.8) is 0 Å². The van der Waals surface area contributed by atoms with Crippen LogP contribution >= 0.6 is 0 Å². The Hall–Kier alpha value is -1.49. The Labute approximate surface area is 98.8 Å². The summed E-state index contributed by atoms with van der Waals surface area (Å²) in [6.07, 6.45) is 0. The topological polar surface area (TPSA) is 38.3 Å². The van der Waals surface area contributed by atoms with Gasteiger partial charge in [-0.3, -0.25) is 4.79 Å². The first-order chi connectivity index (χ1) is 7.78.